The molecule has 1 aliphatic heterocycles. The van der Waals surface area contributed by atoms with Crippen molar-refractivity contribution in [1.29, 1.82) is 0 Å². The van der Waals surface area contributed by atoms with E-state index in [1.54, 1.807) is 13.8 Å². The minimum Gasteiger partial charge on any atom is -0.366 e. The van der Waals surface area contributed by atoms with E-state index in [9.17, 15) is 5.11 Å². The van der Waals surface area contributed by atoms with Crippen LogP contribution in [0.2, 0.25) is 0 Å². The lowest BCUT2D eigenvalue weighted by Gasteiger charge is -2.18. The summed E-state index contributed by atoms with van der Waals surface area (Å²) in [5.74, 6) is -1.06. The van der Waals surface area contributed by atoms with Gasteiger partial charge in [-0.25, -0.2) is 0 Å². The third-order valence-electron chi connectivity index (χ3n) is 3.25. The minimum absolute atomic E-state index is 0.521. The van der Waals surface area contributed by atoms with Crippen molar-refractivity contribution >= 4 is 8.60 Å². The van der Waals surface area contributed by atoms with Crippen molar-refractivity contribution in [1.82, 2.24) is 0 Å². The topological polar surface area (TPSA) is 57.2 Å². The third-order valence-corrected chi connectivity index (χ3v) is 4.32. The average molecular weight is 346 g/mol. The molecular formula is C17H31O5P. The van der Waals surface area contributed by atoms with Gasteiger partial charge in [-0.15, -0.1) is 0 Å². The molecule has 2 aliphatic rings. The first-order valence-electron chi connectivity index (χ1n) is 8.47. The van der Waals surface area contributed by atoms with Gasteiger partial charge in [-0.2, -0.15) is 0 Å². The lowest BCUT2D eigenvalue weighted by molar-refractivity contribution is -0.176. The van der Waals surface area contributed by atoms with Gasteiger partial charge in [0.1, 0.15) is 0 Å². The smallest absolute Gasteiger partial charge is 0.333 e. The molecule has 1 unspecified atom stereocenters. The lowest BCUT2D eigenvalue weighted by Crippen LogP contribution is -2.23. The fourth-order valence-electron chi connectivity index (χ4n) is 2.11. The Balaban J connectivity index is 0.00000127. The van der Waals surface area contributed by atoms with E-state index in [0.29, 0.717) is 26.4 Å². The zero-order chi connectivity index (χ0) is 17.1. The zero-order valence-corrected chi connectivity index (χ0v) is 15.7. The highest BCUT2D eigenvalue weighted by Crippen LogP contribution is 2.44. The molecule has 0 aromatic carbocycles. The van der Waals surface area contributed by atoms with E-state index in [1.807, 2.05) is 13.8 Å². The first-order chi connectivity index (χ1) is 11.0. The van der Waals surface area contributed by atoms with E-state index in [2.05, 4.69) is 12.2 Å². The molecule has 2 rings (SSSR count). The zero-order valence-electron chi connectivity index (χ0n) is 14.8. The summed E-state index contributed by atoms with van der Waals surface area (Å²) in [4.78, 5) is 0. The monoisotopic (exact) mass is 346 g/mol. The van der Waals surface area contributed by atoms with Crippen molar-refractivity contribution < 1.29 is 23.4 Å². The highest BCUT2D eigenvalue weighted by molar-refractivity contribution is 7.41. The van der Waals surface area contributed by atoms with Gasteiger partial charge in [0.25, 0.3) is 0 Å². The predicted octanol–water partition coefficient (Wildman–Crippen LogP) is 4.47. The molecule has 0 amide bonds. The van der Waals surface area contributed by atoms with Crippen LogP contribution in [0.25, 0.3) is 0 Å². The van der Waals surface area contributed by atoms with E-state index in [1.165, 1.54) is 11.1 Å². The summed E-state index contributed by atoms with van der Waals surface area (Å²) in [6.45, 7) is 9.56. The Hall–Kier alpha value is -0.290. The number of rotatable bonds is 7. The molecule has 23 heavy (non-hydrogen) atoms. The maximum atomic E-state index is 9.41. The maximum Gasteiger partial charge on any atom is 0.333 e. The van der Waals surface area contributed by atoms with Gasteiger partial charge in [-0.3, -0.25) is 0 Å². The van der Waals surface area contributed by atoms with Gasteiger partial charge >= 0.3 is 8.60 Å². The summed E-state index contributed by atoms with van der Waals surface area (Å²) in [6.07, 6.45) is 8.16. The van der Waals surface area contributed by atoms with Crippen LogP contribution in [-0.2, 0) is 18.3 Å². The first kappa shape index (κ1) is 20.8. The third kappa shape index (κ3) is 8.94. The lowest BCUT2D eigenvalue weighted by atomic mass is 9.99. The molecule has 0 bridgehead atoms. The van der Waals surface area contributed by atoms with Gasteiger partial charge in [0.2, 0.25) is 0 Å². The molecule has 0 radical (unpaired) electrons. The second-order valence-corrected chi connectivity index (χ2v) is 6.90. The van der Waals surface area contributed by atoms with E-state index >= 15 is 0 Å². The van der Waals surface area contributed by atoms with Crippen molar-refractivity contribution in [3.05, 3.63) is 23.3 Å². The largest absolute Gasteiger partial charge is 0.366 e. The molecule has 5 nitrogen and oxygen atoms in total. The van der Waals surface area contributed by atoms with E-state index < -0.39 is 14.4 Å². The molecule has 0 spiro atoms. The molecule has 0 saturated heterocycles. The van der Waals surface area contributed by atoms with Gasteiger partial charge < -0.3 is 23.4 Å². The first-order valence-corrected chi connectivity index (χ1v) is 9.57. The number of unbranched alkanes of at least 4 members (excludes halogenated alkanes) is 1. The van der Waals surface area contributed by atoms with Crippen LogP contribution < -0.4 is 0 Å². The Morgan fingerprint density at radius 3 is 2.61 bits per heavy atom. The Bertz CT molecular complexity index is 387. The van der Waals surface area contributed by atoms with E-state index in [-0.39, 0.29) is 0 Å². The number of hydrogen-bond acceptors (Lipinski definition) is 5. The Morgan fingerprint density at radius 1 is 1.17 bits per heavy atom. The summed E-state index contributed by atoms with van der Waals surface area (Å²) in [5.41, 5.74) is 2.58. The van der Waals surface area contributed by atoms with Crippen LogP contribution in [0.4, 0.5) is 0 Å². The molecule has 1 heterocycles. The van der Waals surface area contributed by atoms with Crippen molar-refractivity contribution in [2.75, 3.05) is 26.4 Å². The Kier molecular flexibility index (Phi) is 10.2. The van der Waals surface area contributed by atoms with Gasteiger partial charge in [0.15, 0.2) is 5.79 Å². The van der Waals surface area contributed by atoms with Crippen molar-refractivity contribution in [3.63, 3.8) is 0 Å². The molecule has 0 saturated carbocycles. The van der Waals surface area contributed by atoms with Crippen LogP contribution in [0.3, 0.4) is 0 Å². The quantitative estimate of drug-likeness (QED) is 0.419. The molecule has 1 aliphatic carbocycles. The SMILES string of the molecule is CC.CC(C)(O)OCCCCOP1OCC2=C(CCC=C2)CO1. The fraction of sp³-hybridized carbons (Fsp3) is 0.765. The Labute approximate surface area is 141 Å². The van der Waals surface area contributed by atoms with Crippen LogP contribution in [0.15, 0.2) is 23.3 Å². The predicted molar refractivity (Wildman–Crippen MR) is 93.0 cm³/mol. The number of hydrogen-bond donors (Lipinski definition) is 1. The van der Waals surface area contributed by atoms with Gasteiger partial charge in [0.05, 0.1) is 26.4 Å². The number of aliphatic hydroxyl groups is 1. The Morgan fingerprint density at radius 2 is 1.87 bits per heavy atom. The molecule has 6 heteroatoms. The average Bonchev–Trinajstić information content (AvgIpc) is 2.74. The van der Waals surface area contributed by atoms with Gasteiger partial charge in [-0.1, -0.05) is 26.0 Å². The fourth-order valence-corrected chi connectivity index (χ4v) is 3.11. The minimum atomic E-state index is -1.24. The molecule has 0 aromatic heterocycles. The molecule has 0 fully saturated rings. The van der Waals surface area contributed by atoms with Crippen LogP contribution in [0, 0.1) is 0 Å². The maximum absolute atomic E-state index is 9.41. The van der Waals surface area contributed by atoms with Gasteiger partial charge in [-0.05, 0) is 50.7 Å². The van der Waals surface area contributed by atoms with Crippen LogP contribution >= 0.6 is 8.60 Å². The molecule has 0 aromatic rings. The molecule has 1 atom stereocenters. The highest BCUT2D eigenvalue weighted by atomic mass is 31.2. The van der Waals surface area contributed by atoms with E-state index in [0.717, 1.165) is 25.7 Å². The summed E-state index contributed by atoms with van der Waals surface area (Å²) >= 11 is 0. The number of ether oxygens (including phenoxy) is 1. The van der Waals surface area contributed by atoms with Crippen LogP contribution in [-0.4, -0.2) is 37.3 Å². The van der Waals surface area contributed by atoms with Crippen molar-refractivity contribution in [2.45, 2.75) is 59.2 Å². The van der Waals surface area contributed by atoms with Crippen LogP contribution in [0.1, 0.15) is 53.4 Å². The number of allylic oxidation sites excluding steroid dienone is 1. The summed E-state index contributed by atoms with van der Waals surface area (Å²) in [6, 6.07) is 0. The summed E-state index contributed by atoms with van der Waals surface area (Å²) in [5, 5.41) is 9.41. The van der Waals surface area contributed by atoms with Crippen molar-refractivity contribution in [2.24, 2.45) is 0 Å². The standard InChI is InChI=1S/C15H25O5P.C2H6/c1-15(2,16)17-9-5-6-10-18-21-19-11-13-7-3-4-8-14(13)12-20-21;1-2/h3,7,16H,4-6,8-12H2,1-2H3;1-2H3. The summed E-state index contributed by atoms with van der Waals surface area (Å²) in [7, 11) is -1.24. The van der Waals surface area contributed by atoms with E-state index in [4.69, 9.17) is 18.3 Å². The van der Waals surface area contributed by atoms with Crippen molar-refractivity contribution in [3.8, 4) is 0 Å². The highest BCUT2D eigenvalue weighted by Gasteiger charge is 2.21. The normalized spacial score (nSPS) is 21.3. The van der Waals surface area contributed by atoms with Crippen LogP contribution in [0.5, 0.6) is 0 Å². The second-order valence-electron chi connectivity index (χ2n) is 5.68. The molecular weight excluding hydrogens is 315 g/mol. The molecule has 134 valence electrons. The summed E-state index contributed by atoms with van der Waals surface area (Å²) < 4.78 is 22.3. The molecule has 1 N–H and O–H groups in total. The van der Waals surface area contributed by atoms with Gasteiger partial charge in [0, 0.05) is 0 Å². The second kappa shape index (κ2) is 11.3.